The summed E-state index contributed by atoms with van der Waals surface area (Å²) in [4.78, 5) is 13.2. The molecule has 150 valence electrons. The summed E-state index contributed by atoms with van der Waals surface area (Å²) in [5.41, 5.74) is 6.95. The van der Waals surface area contributed by atoms with Crippen LogP contribution in [0.25, 0.3) is 11.3 Å². The van der Waals surface area contributed by atoms with Crippen molar-refractivity contribution in [3.05, 3.63) is 68.8 Å². The van der Waals surface area contributed by atoms with E-state index in [1.807, 2.05) is 86.6 Å². The number of aryl methyl sites for hydroxylation is 6. The van der Waals surface area contributed by atoms with Gasteiger partial charge in [0.2, 0.25) is 0 Å². The number of esters is 1. The Kier molecular flexibility index (Phi) is 6.08. The van der Waals surface area contributed by atoms with Gasteiger partial charge in [-0.2, -0.15) is 0 Å². The quantitative estimate of drug-likeness (QED) is 0.294. The number of hydrogen-bond donors (Lipinski definition) is 1. The van der Waals surface area contributed by atoms with Crippen molar-refractivity contribution in [1.29, 1.82) is 0 Å². The molecular weight excluding hydrogens is 348 g/mol. The van der Waals surface area contributed by atoms with Crippen molar-refractivity contribution < 1.29 is 14.6 Å². The van der Waals surface area contributed by atoms with Gasteiger partial charge in [0.05, 0.1) is 0 Å². The third kappa shape index (κ3) is 4.64. The lowest BCUT2D eigenvalue weighted by atomic mass is 9.89. The van der Waals surface area contributed by atoms with E-state index in [1.165, 1.54) is 0 Å². The summed E-state index contributed by atoms with van der Waals surface area (Å²) in [6.07, 6.45) is 0. The number of hydrogen-bond acceptors (Lipinski definition) is 3. The second-order valence-corrected chi connectivity index (χ2v) is 8.77. The molecule has 0 aliphatic carbocycles. The van der Waals surface area contributed by atoms with Crippen LogP contribution >= 0.6 is 0 Å². The second-order valence-electron chi connectivity index (χ2n) is 8.77. The first-order chi connectivity index (χ1) is 12.8. The minimum absolute atomic E-state index is 0.0284. The van der Waals surface area contributed by atoms with Crippen LogP contribution in [0.2, 0.25) is 0 Å². The largest absolute Gasteiger partial charge is 0.506 e. The average molecular weight is 381 g/mol. The lowest BCUT2D eigenvalue weighted by Gasteiger charge is -2.23. The fourth-order valence-electron chi connectivity index (χ4n) is 3.90. The Morgan fingerprint density at radius 2 is 1.11 bits per heavy atom. The summed E-state index contributed by atoms with van der Waals surface area (Å²) in [5.74, 6) is -0.543. The zero-order valence-electron chi connectivity index (χ0n) is 18.6. The number of ether oxygens (including phenoxy) is 1. The molecule has 3 heteroatoms. The lowest BCUT2D eigenvalue weighted by Crippen LogP contribution is -2.25. The van der Waals surface area contributed by atoms with Crippen molar-refractivity contribution in [2.75, 3.05) is 0 Å². The highest BCUT2D eigenvalue weighted by atomic mass is 16.6. The van der Waals surface area contributed by atoms with Gasteiger partial charge in [-0.1, -0.05) is 35.4 Å². The van der Waals surface area contributed by atoms with E-state index in [2.05, 4.69) is 0 Å². The van der Waals surface area contributed by atoms with Gasteiger partial charge >= 0.3 is 5.97 Å². The summed E-state index contributed by atoms with van der Waals surface area (Å²) in [5, 5.41) is 11.4. The van der Waals surface area contributed by atoms with Crippen LogP contribution in [0.1, 0.15) is 65.3 Å². The van der Waals surface area contributed by atoms with Crippen LogP contribution in [0.3, 0.4) is 0 Å². The molecule has 0 aliphatic rings. The van der Waals surface area contributed by atoms with E-state index in [-0.39, 0.29) is 11.3 Å². The summed E-state index contributed by atoms with van der Waals surface area (Å²) >= 11 is 0. The third-order valence-corrected chi connectivity index (χ3v) is 4.68. The molecule has 2 aromatic rings. The van der Waals surface area contributed by atoms with Crippen molar-refractivity contribution >= 4 is 17.3 Å². The number of aliphatic hydroxyl groups excluding tert-OH is 1. The molecule has 2 rings (SSSR count). The van der Waals surface area contributed by atoms with Gasteiger partial charge in [-0.15, -0.1) is 0 Å². The number of aliphatic hydroxyl groups is 1. The minimum atomic E-state index is -0.660. The predicted octanol–water partition coefficient (Wildman–Crippen LogP) is 6.31. The first-order valence-electron chi connectivity index (χ1n) is 9.65. The molecule has 0 aromatic heterocycles. The number of rotatable bonds is 3. The normalized spacial score (nSPS) is 12.6. The Balaban J connectivity index is 2.87. The summed E-state index contributed by atoms with van der Waals surface area (Å²) in [6.45, 7) is 17.4. The summed E-state index contributed by atoms with van der Waals surface area (Å²) < 4.78 is 5.68. The fraction of sp³-hybridized carbons (Fsp3) is 0.400. The van der Waals surface area contributed by atoms with Gasteiger partial charge < -0.3 is 9.84 Å². The van der Waals surface area contributed by atoms with Crippen molar-refractivity contribution in [3.8, 4) is 0 Å². The van der Waals surface area contributed by atoms with E-state index in [9.17, 15) is 9.90 Å². The molecule has 1 N–H and O–H groups in total. The van der Waals surface area contributed by atoms with Crippen LogP contribution in [0.5, 0.6) is 0 Å². The Labute approximate surface area is 169 Å². The van der Waals surface area contributed by atoms with Crippen LogP contribution in [0.15, 0.2) is 24.3 Å². The molecule has 0 spiro atoms. The molecule has 0 atom stereocenters. The molecule has 0 saturated carbocycles. The van der Waals surface area contributed by atoms with Gasteiger partial charge in [0, 0.05) is 5.56 Å². The maximum atomic E-state index is 13.2. The smallest absolute Gasteiger partial charge is 0.343 e. The monoisotopic (exact) mass is 380 g/mol. The predicted molar refractivity (Wildman–Crippen MR) is 117 cm³/mol. The number of carbonyl (C=O) groups is 1. The second kappa shape index (κ2) is 7.83. The molecule has 0 fully saturated rings. The highest BCUT2D eigenvalue weighted by Crippen LogP contribution is 2.34. The van der Waals surface area contributed by atoms with E-state index < -0.39 is 11.6 Å². The van der Waals surface area contributed by atoms with Crippen molar-refractivity contribution in [2.24, 2.45) is 0 Å². The van der Waals surface area contributed by atoms with Crippen molar-refractivity contribution in [1.82, 2.24) is 0 Å². The molecule has 0 aliphatic heterocycles. The van der Waals surface area contributed by atoms with E-state index >= 15 is 0 Å². The molecule has 3 nitrogen and oxygen atoms in total. The van der Waals surface area contributed by atoms with E-state index in [4.69, 9.17) is 4.74 Å². The molecule has 0 bridgehead atoms. The van der Waals surface area contributed by atoms with Crippen LogP contribution in [-0.2, 0) is 9.53 Å². The van der Waals surface area contributed by atoms with E-state index in [1.54, 1.807) is 0 Å². The van der Waals surface area contributed by atoms with Crippen LogP contribution in [0.4, 0.5) is 0 Å². The lowest BCUT2D eigenvalue weighted by molar-refractivity contribution is -0.147. The number of benzene rings is 2. The Bertz CT molecular complexity index is 910. The first-order valence-corrected chi connectivity index (χ1v) is 9.65. The molecule has 28 heavy (non-hydrogen) atoms. The number of carbonyl (C=O) groups excluding carboxylic acids is 1. The highest BCUT2D eigenvalue weighted by molar-refractivity contribution is 6.24. The van der Waals surface area contributed by atoms with Gasteiger partial charge in [-0.3, -0.25) is 0 Å². The zero-order chi connectivity index (χ0) is 21.4. The topological polar surface area (TPSA) is 46.5 Å². The van der Waals surface area contributed by atoms with Crippen LogP contribution in [-0.4, -0.2) is 16.7 Å². The Morgan fingerprint density at radius 3 is 1.46 bits per heavy atom. The fourth-order valence-corrected chi connectivity index (χ4v) is 3.90. The summed E-state index contributed by atoms with van der Waals surface area (Å²) in [7, 11) is 0. The molecule has 0 unspecified atom stereocenters. The molecule has 0 heterocycles. The van der Waals surface area contributed by atoms with Gasteiger partial charge in [-0.25, -0.2) is 4.79 Å². The maximum Gasteiger partial charge on any atom is 0.343 e. The van der Waals surface area contributed by atoms with Gasteiger partial charge in [0.25, 0.3) is 0 Å². The van der Waals surface area contributed by atoms with Gasteiger partial charge in [0.15, 0.2) is 0 Å². The molecule has 0 amide bonds. The van der Waals surface area contributed by atoms with Crippen LogP contribution in [0, 0.1) is 41.5 Å². The van der Waals surface area contributed by atoms with Crippen LogP contribution < -0.4 is 0 Å². The third-order valence-electron chi connectivity index (χ3n) is 4.68. The molecule has 0 radical (unpaired) electrons. The highest BCUT2D eigenvalue weighted by Gasteiger charge is 2.28. The van der Waals surface area contributed by atoms with E-state index in [0.717, 1.165) is 38.9 Å². The van der Waals surface area contributed by atoms with Crippen molar-refractivity contribution in [2.45, 2.75) is 67.9 Å². The molecule has 2 aromatic carbocycles. The standard InChI is InChI=1S/C25H32O3/c1-14-10-16(3)20(17(4)11-14)22(24(27)28-25(7,8)9)23(26)21-18(5)12-15(2)13-19(21)6/h10-13,26H,1-9H3/b23-22+. The maximum absolute atomic E-state index is 13.2. The minimum Gasteiger partial charge on any atom is -0.506 e. The van der Waals surface area contributed by atoms with E-state index in [0.29, 0.717) is 5.56 Å². The Hall–Kier alpha value is -2.55. The molecule has 0 saturated heterocycles. The SMILES string of the molecule is Cc1cc(C)c(/C(O)=C(\C(=O)OC(C)(C)C)c2c(C)cc(C)cc2C)c(C)c1. The van der Waals surface area contributed by atoms with Gasteiger partial charge in [-0.05, 0) is 90.1 Å². The van der Waals surface area contributed by atoms with Gasteiger partial charge in [0.1, 0.15) is 16.9 Å². The first kappa shape index (κ1) is 21.7. The molecular formula is C25H32O3. The summed E-state index contributed by atoms with van der Waals surface area (Å²) in [6, 6.07) is 8.07. The Morgan fingerprint density at radius 1 is 0.750 bits per heavy atom. The van der Waals surface area contributed by atoms with Crippen molar-refractivity contribution in [3.63, 3.8) is 0 Å². The average Bonchev–Trinajstić information content (AvgIpc) is 2.47. The zero-order valence-corrected chi connectivity index (χ0v) is 18.6.